The van der Waals surface area contributed by atoms with Crippen molar-refractivity contribution >= 4 is 16.7 Å². The molecular formula is C24H31N3O2. The summed E-state index contributed by atoms with van der Waals surface area (Å²) in [6, 6.07) is 14.7. The van der Waals surface area contributed by atoms with Gasteiger partial charge in [0, 0.05) is 12.1 Å². The number of rotatable bonds is 8. The molecule has 3 rings (SSSR count). The summed E-state index contributed by atoms with van der Waals surface area (Å²) in [5, 5.41) is 14.9. The molecule has 0 aromatic heterocycles. The van der Waals surface area contributed by atoms with E-state index in [1.807, 2.05) is 30.1 Å². The van der Waals surface area contributed by atoms with Crippen molar-refractivity contribution in [3.63, 3.8) is 0 Å². The van der Waals surface area contributed by atoms with E-state index in [9.17, 15) is 10.1 Å². The number of hydrogen-bond donors (Lipinski definition) is 1. The van der Waals surface area contributed by atoms with Crippen LogP contribution in [0.2, 0.25) is 0 Å². The normalized spacial score (nSPS) is 15.8. The fraction of sp³-hybridized carbons (Fsp3) is 0.500. The molecule has 0 aliphatic heterocycles. The molecule has 1 saturated carbocycles. The minimum atomic E-state index is -0.689. The maximum atomic E-state index is 12.7. The smallest absolute Gasteiger partial charge is 0.235 e. The van der Waals surface area contributed by atoms with Gasteiger partial charge in [0.25, 0.3) is 0 Å². The van der Waals surface area contributed by atoms with Gasteiger partial charge in [0.15, 0.2) is 0 Å². The van der Waals surface area contributed by atoms with Crippen LogP contribution >= 0.6 is 0 Å². The van der Waals surface area contributed by atoms with Crippen LogP contribution in [0, 0.1) is 11.3 Å². The number of carbonyl (C=O) groups is 1. The molecule has 0 atom stereocenters. The Morgan fingerprint density at radius 2 is 1.97 bits per heavy atom. The van der Waals surface area contributed by atoms with Gasteiger partial charge in [-0.3, -0.25) is 9.69 Å². The SMILES string of the molecule is CCCOc1ccc2ccccc2c1CN(C)CC(=O)NC1(C#N)CCCCC1. The number of nitriles is 1. The van der Waals surface area contributed by atoms with Crippen LogP contribution in [-0.2, 0) is 11.3 Å². The molecule has 5 heteroatoms. The second kappa shape index (κ2) is 9.76. The molecule has 0 bridgehead atoms. The molecular weight excluding hydrogens is 362 g/mol. The van der Waals surface area contributed by atoms with Gasteiger partial charge in [-0.05, 0) is 43.1 Å². The molecule has 0 saturated heterocycles. The Labute approximate surface area is 173 Å². The van der Waals surface area contributed by atoms with Crippen molar-refractivity contribution in [2.24, 2.45) is 0 Å². The fourth-order valence-corrected chi connectivity index (χ4v) is 4.12. The van der Waals surface area contributed by atoms with E-state index in [1.54, 1.807) is 0 Å². The van der Waals surface area contributed by atoms with Crippen molar-refractivity contribution in [1.82, 2.24) is 10.2 Å². The van der Waals surface area contributed by atoms with Gasteiger partial charge in [-0.1, -0.05) is 56.5 Å². The molecule has 1 fully saturated rings. The van der Waals surface area contributed by atoms with Crippen molar-refractivity contribution in [3.05, 3.63) is 42.0 Å². The third kappa shape index (κ3) is 5.27. The van der Waals surface area contributed by atoms with Crippen LogP contribution in [0.1, 0.15) is 51.0 Å². The molecule has 2 aromatic rings. The van der Waals surface area contributed by atoms with Crippen LogP contribution in [0.3, 0.4) is 0 Å². The summed E-state index contributed by atoms with van der Waals surface area (Å²) in [7, 11) is 1.94. The number of likely N-dealkylation sites (N-methyl/N-ethyl adjacent to an activating group) is 1. The highest BCUT2D eigenvalue weighted by Gasteiger charge is 2.33. The summed E-state index contributed by atoms with van der Waals surface area (Å²) < 4.78 is 5.98. The molecule has 0 heterocycles. The van der Waals surface area contributed by atoms with Gasteiger partial charge in [0.1, 0.15) is 11.3 Å². The molecule has 1 aliphatic carbocycles. The number of amides is 1. The Morgan fingerprint density at radius 1 is 1.21 bits per heavy atom. The van der Waals surface area contributed by atoms with Crippen molar-refractivity contribution in [1.29, 1.82) is 5.26 Å². The van der Waals surface area contributed by atoms with E-state index in [1.165, 1.54) is 0 Å². The monoisotopic (exact) mass is 393 g/mol. The Balaban J connectivity index is 1.72. The van der Waals surface area contributed by atoms with Gasteiger partial charge in [0.2, 0.25) is 5.91 Å². The summed E-state index contributed by atoms with van der Waals surface area (Å²) in [5.41, 5.74) is 0.407. The number of fused-ring (bicyclic) bond motifs is 1. The summed E-state index contributed by atoms with van der Waals surface area (Å²) in [5.74, 6) is 0.783. The van der Waals surface area contributed by atoms with Crippen LogP contribution in [-0.4, -0.2) is 36.5 Å². The van der Waals surface area contributed by atoms with Crippen LogP contribution in [0.15, 0.2) is 36.4 Å². The summed E-state index contributed by atoms with van der Waals surface area (Å²) in [4.78, 5) is 14.7. The van der Waals surface area contributed by atoms with E-state index in [4.69, 9.17) is 4.74 Å². The fourth-order valence-electron chi connectivity index (χ4n) is 4.12. The van der Waals surface area contributed by atoms with E-state index in [-0.39, 0.29) is 12.5 Å². The first-order valence-electron chi connectivity index (χ1n) is 10.6. The van der Waals surface area contributed by atoms with Crippen LogP contribution in [0.25, 0.3) is 10.8 Å². The van der Waals surface area contributed by atoms with Gasteiger partial charge in [-0.2, -0.15) is 5.26 Å². The van der Waals surface area contributed by atoms with Crippen molar-refractivity contribution in [2.45, 2.75) is 57.5 Å². The van der Waals surface area contributed by atoms with Gasteiger partial charge in [-0.15, -0.1) is 0 Å². The zero-order valence-electron chi connectivity index (χ0n) is 17.5. The van der Waals surface area contributed by atoms with Crippen molar-refractivity contribution < 1.29 is 9.53 Å². The molecule has 0 radical (unpaired) electrons. The number of carbonyl (C=O) groups excluding carboxylic acids is 1. The maximum absolute atomic E-state index is 12.7. The number of nitrogens with one attached hydrogen (secondary N) is 1. The lowest BCUT2D eigenvalue weighted by Crippen LogP contribution is -2.51. The Hall–Kier alpha value is -2.58. The second-order valence-electron chi connectivity index (χ2n) is 8.09. The molecule has 0 spiro atoms. The van der Waals surface area contributed by atoms with Crippen LogP contribution < -0.4 is 10.1 Å². The quantitative estimate of drug-likeness (QED) is 0.722. The molecule has 1 amide bonds. The molecule has 1 aliphatic rings. The zero-order chi connectivity index (χ0) is 20.7. The summed E-state index contributed by atoms with van der Waals surface area (Å²) in [6.07, 6.45) is 5.58. The highest BCUT2D eigenvalue weighted by Crippen LogP contribution is 2.30. The van der Waals surface area contributed by atoms with Crippen molar-refractivity contribution in [2.75, 3.05) is 20.2 Å². The lowest BCUT2D eigenvalue weighted by atomic mass is 9.83. The minimum Gasteiger partial charge on any atom is -0.493 e. The summed E-state index contributed by atoms with van der Waals surface area (Å²) in [6.45, 7) is 3.61. The highest BCUT2D eigenvalue weighted by molar-refractivity contribution is 5.88. The van der Waals surface area contributed by atoms with Crippen LogP contribution in [0.5, 0.6) is 5.75 Å². The van der Waals surface area contributed by atoms with E-state index in [0.717, 1.165) is 60.6 Å². The Bertz CT molecular complexity index is 881. The number of nitrogens with zero attached hydrogens (tertiary/aromatic N) is 2. The average Bonchev–Trinajstić information content (AvgIpc) is 2.73. The third-order valence-electron chi connectivity index (χ3n) is 5.60. The van der Waals surface area contributed by atoms with Gasteiger partial charge < -0.3 is 10.1 Å². The number of benzene rings is 2. The Morgan fingerprint density at radius 3 is 2.69 bits per heavy atom. The van der Waals surface area contributed by atoms with E-state index in [0.29, 0.717) is 13.2 Å². The van der Waals surface area contributed by atoms with E-state index in [2.05, 4.69) is 36.5 Å². The van der Waals surface area contributed by atoms with E-state index < -0.39 is 5.54 Å². The first-order valence-corrected chi connectivity index (χ1v) is 10.6. The van der Waals surface area contributed by atoms with Gasteiger partial charge in [-0.25, -0.2) is 0 Å². The predicted molar refractivity (Wildman–Crippen MR) is 116 cm³/mol. The standard InChI is InChI=1S/C24H31N3O2/c1-3-15-29-22-12-11-19-9-5-6-10-20(19)21(22)16-27(2)17-23(28)26-24(18-25)13-7-4-8-14-24/h5-6,9-12H,3-4,7-8,13-17H2,1-2H3,(H,26,28). The lowest BCUT2D eigenvalue weighted by molar-refractivity contribution is -0.123. The largest absolute Gasteiger partial charge is 0.493 e. The maximum Gasteiger partial charge on any atom is 0.235 e. The van der Waals surface area contributed by atoms with Gasteiger partial charge >= 0.3 is 0 Å². The minimum absolute atomic E-state index is 0.0905. The third-order valence-corrected chi connectivity index (χ3v) is 5.60. The van der Waals surface area contributed by atoms with Gasteiger partial charge in [0.05, 0.1) is 19.2 Å². The topological polar surface area (TPSA) is 65.4 Å². The zero-order valence-corrected chi connectivity index (χ0v) is 17.5. The lowest BCUT2D eigenvalue weighted by Gasteiger charge is -2.32. The molecule has 2 aromatic carbocycles. The molecule has 1 N–H and O–H groups in total. The first kappa shape index (κ1) is 21.1. The average molecular weight is 394 g/mol. The first-order chi connectivity index (χ1) is 14.1. The highest BCUT2D eigenvalue weighted by atomic mass is 16.5. The predicted octanol–water partition coefficient (Wildman–Crippen LogP) is 4.40. The molecule has 5 nitrogen and oxygen atoms in total. The van der Waals surface area contributed by atoms with Crippen LogP contribution in [0.4, 0.5) is 0 Å². The number of ether oxygens (including phenoxy) is 1. The molecule has 154 valence electrons. The van der Waals surface area contributed by atoms with Crippen molar-refractivity contribution in [3.8, 4) is 11.8 Å². The number of hydrogen-bond acceptors (Lipinski definition) is 4. The summed E-state index contributed by atoms with van der Waals surface area (Å²) >= 11 is 0. The molecule has 29 heavy (non-hydrogen) atoms. The van der Waals surface area contributed by atoms with E-state index >= 15 is 0 Å². The second-order valence-corrected chi connectivity index (χ2v) is 8.09. The Kier molecular flexibility index (Phi) is 7.11. The molecule has 0 unspecified atom stereocenters.